The maximum atomic E-state index is 13.1. The highest BCUT2D eigenvalue weighted by Crippen LogP contribution is 2.23. The predicted octanol–water partition coefficient (Wildman–Crippen LogP) is 3.13. The first-order valence-corrected chi connectivity index (χ1v) is 6.23. The second kappa shape index (κ2) is 5.88. The Kier molecular flexibility index (Phi) is 4.18. The zero-order valence-electron chi connectivity index (χ0n) is 10.9. The molecule has 0 aliphatic heterocycles. The first kappa shape index (κ1) is 14.9. The van der Waals surface area contributed by atoms with Crippen LogP contribution < -0.4 is 5.32 Å². The summed E-state index contributed by atoms with van der Waals surface area (Å²) >= 11 is 5.85. The number of aromatic carboxylic acids is 1. The smallest absolute Gasteiger partial charge is 0.337 e. The van der Waals surface area contributed by atoms with Gasteiger partial charge in [-0.05, 0) is 37.3 Å². The van der Waals surface area contributed by atoms with Gasteiger partial charge < -0.3 is 10.4 Å². The molecule has 0 fully saturated rings. The van der Waals surface area contributed by atoms with Crippen molar-refractivity contribution in [3.63, 3.8) is 0 Å². The molecule has 1 aromatic carbocycles. The van der Waals surface area contributed by atoms with E-state index in [4.69, 9.17) is 16.7 Å². The molecule has 0 atom stereocenters. The van der Waals surface area contributed by atoms with Gasteiger partial charge in [-0.2, -0.15) is 0 Å². The number of carboxylic acid groups (broad SMARTS) is 1. The van der Waals surface area contributed by atoms with Gasteiger partial charge in [0.05, 0.1) is 22.0 Å². The van der Waals surface area contributed by atoms with Gasteiger partial charge >= 0.3 is 5.97 Å². The summed E-state index contributed by atoms with van der Waals surface area (Å²) in [4.78, 5) is 26.8. The highest BCUT2D eigenvalue weighted by molar-refractivity contribution is 6.33. The first-order chi connectivity index (χ1) is 9.88. The van der Waals surface area contributed by atoms with Crippen LogP contribution in [0.5, 0.6) is 0 Å². The average Bonchev–Trinajstić information content (AvgIpc) is 2.42. The highest BCUT2D eigenvalue weighted by Gasteiger charge is 2.14. The molecule has 21 heavy (non-hydrogen) atoms. The Bertz CT molecular complexity index is 734. The lowest BCUT2D eigenvalue weighted by atomic mass is 10.2. The summed E-state index contributed by atoms with van der Waals surface area (Å²) in [6.45, 7) is 1.48. The van der Waals surface area contributed by atoms with Crippen LogP contribution in [-0.4, -0.2) is 22.0 Å². The maximum absolute atomic E-state index is 13.1. The molecule has 1 amide bonds. The number of amides is 1. The van der Waals surface area contributed by atoms with Crippen molar-refractivity contribution in [3.8, 4) is 0 Å². The third kappa shape index (κ3) is 3.35. The molecule has 0 saturated carbocycles. The van der Waals surface area contributed by atoms with Gasteiger partial charge in [0, 0.05) is 0 Å². The van der Waals surface area contributed by atoms with Crippen LogP contribution in [-0.2, 0) is 0 Å². The van der Waals surface area contributed by atoms with Crippen molar-refractivity contribution < 1.29 is 19.1 Å². The minimum absolute atomic E-state index is 0.00957. The Morgan fingerprint density at radius 2 is 2.00 bits per heavy atom. The monoisotopic (exact) mass is 308 g/mol. The van der Waals surface area contributed by atoms with Crippen molar-refractivity contribution in [2.45, 2.75) is 6.92 Å². The van der Waals surface area contributed by atoms with Gasteiger partial charge in [-0.15, -0.1) is 0 Å². The van der Waals surface area contributed by atoms with E-state index in [1.165, 1.54) is 31.2 Å². The zero-order valence-corrected chi connectivity index (χ0v) is 11.6. The van der Waals surface area contributed by atoms with Crippen LogP contribution in [0.25, 0.3) is 0 Å². The molecule has 0 unspecified atom stereocenters. The number of carboxylic acids is 1. The maximum Gasteiger partial charge on any atom is 0.337 e. The van der Waals surface area contributed by atoms with Crippen molar-refractivity contribution in [2.24, 2.45) is 0 Å². The fraction of sp³-hybridized carbons (Fsp3) is 0.0714. The standard InChI is InChI=1S/C14H10ClFN2O3/c1-7-9(14(20)21)3-5-11(17-7)13(19)18-12-6-8(16)2-4-10(12)15/h2-6H,1H3,(H,18,19)(H,20,21). The van der Waals surface area contributed by atoms with Crippen molar-refractivity contribution in [1.29, 1.82) is 0 Å². The van der Waals surface area contributed by atoms with Crippen LogP contribution in [0.4, 0.5) is 10.1 Å². The Morgan fingerprint density at radius 1 is 1.29 bits per heavy atom. The van der Waals surface area contributed by atoms with E-state index in [9.17, 15) is 14.0 Å². The number of aromatic nitrogens is 1. The van der Waals surface area contributed by atoms with Gasteiger partial charge in [0.25, 0.3) is 5.91 Å². The molecule has 2 rings (SSSR count). The Hall–Kier alpha value is -2.47. The number of hydrogen-bond donors (Lipinski definition) is 2. The van der Waals surface area contributed by atoms with Crippen LogP contribution >= 0.6 is 11.6 Å². The van der Waals surface area contributed by atoms with Crippen molar-refractivity contribution >= 4 is 29.2 Å². The van der Waals surface area contributed by atoms with Crippen molar-refractivity contribution in [2.75, 3.05) is 5.32 Å². The lowest BCUT2D eigenvalue weighted by molar-refractivity contribution is 0.0695. The highest BCUT2D eigenvalue weighted by atomic mass is 35.5. The van der Waals surface area contributed by atoms with E-state index in [0.29, 0.717) is 0 Å². The first-order valence-electron chi connectivity index (χ1n) is 5.86. The molecule has 1 aromatic heterocycles. The van der Waals surface area contributed by atoms with E-state index in [2.05, 4.69) is 10.3 Å². The topological polar surface area (TPSA) is 79.3 Å². The fourth-order valence-electron chi connectivity index (χ4n) is 1.69. The minimum Gasteiger partial charge on any atom is -0.478 e. The van der Waals surface area contributed by atoms with E-state index in [1.807, 2.05) is 0 Å². The van der Waals surface area contributed by atoms with E-state index in [0.717, 1.165) is 6.07 Å². The largest absolute Gasteiger partial charge is 0.478 e. The number of carbonyl (C=O) groups is 2. The van der Waals surface area contributed by atoms with Gasteiger partial charge in [0.2, 0.25) is 0 Å². The van der Waals surface area contributed by atoms with E-state index >= 15 is 0 Å². The Balaban J connectivity index is 2.26. The Labute approximate surface area is 124 Å². The summed E-state index contributed by atoms with van der Waals surface area (Å²) in [5, 5.41) is 11.5. The quantitative estimate of drug-likeness (QED) is 0.913. The number of hydrogen-bond acceptors (Lipinski definition) is 3. The van der Waals surface area contributed by atoms with Gasteiger partial charge in [-0.3, -0.25) is 4.79 Å². The molecule has 108 valence electrons. The van der Waals surface area contributed by atoms with Gasteiger partial charge in [-0.1, -0.05) is 11.6 Å². The Morgan fingerprint density at radius 3 is 2.62 bits per heavy atom. The second-order valence-corrected chi connectivity index (χ2v) is 4.62. The summed E-state index contributed by atoms with van der Waals surface area (Å²) in [7, 11) is 0. The molecule has 0 aliphatic rings. The van der Waals surface area contributed by atoms with Crippen molar-refractivity contribution in [3.05, 3.63) is 58.1 Å². The number of anilines is 1. The summed E-state index contributed by atoms with van der Waals surface area (Å²) in [5.41, 5.74) is 0.345. The molecular formula is C14H10ClFN2O3. The molecular weight excluding hydrogens is 299 g/mol. The molecule has 0 saturated heterocycles. The number of nitrogens with one attached hydrogen (secondary N) is 1. The van der Waals surface area contributed by atoms with E-state index in [-0.39, 0.29) is 27.7 Å². The third-order valence-electron chi connectivity index (χ3n) is 2.73. The van der Waals surface area contributed by atoms with Crippen LogP contribution in [0.2, 0.25) is 5.02 Å². The molecule has 0 aliphatic carbocycles. The van der Waals surface area contributed by atoms with Gasteiger partial charge in [-0.25, -0.2) is 14.2 Å². The summed E-state index contributed by atoms with van der Waals surface area (Å²) in [6, 6.07) is 6.13. The number of benzene rings is 1. The normalized spacial score (nSPS) is 10.2. The van der Waals surface area contributed by atoms with Crippen LogP contribution in [0.1, 0.15) is 26.5 Å². The average molecular weight is 309 g/mol. The molecule has 7 heteroatoms. The third-order valence-corrected chi connectivity index (χ3v) is 3.06. The molecule has 2 N–H and O–H groups in total. The number of pyridine rings is 1. The number of carbonyl (C=O) groups excluding carboxylic acids is 1. The lowest BCUT2D eigenvalue weighted by Gasteiger charge is -2.08. The van der Waals surface area contributed by atoms with Crippen molar-refractivity contribution in [1.82, 2.24) is 4.98 Å². The zero-order chi connectivity index (χ0) is 15.6. The lowest BCUT2D eigenvalue weighted by Crippen LogP contribution is -2.15. The van der Waals surface area contributed by atoms with E-state index in [1.54, 1.807) is 0 Å². The molecule has 5 nitrogen and oxygen atoms in total. The van der Waals surface area contributed by atoms with E-state index < -0.39 is 17.7 Å². The number of aryl methyl sites for hydroxylation is 1. The summed E-state index contributed by atoms with van der Waals surface area (Å²) in [6.07, 6.45) is 0. The summed E-state index contributed by atoms with van der Waals surface area (Å²) < 4.78 is 13.1. The van der Waals surface area contributed by atoms with Crippen LogP contribution in [0, 0.1) is 12.7 Å². The molecule has 2 aromatic rings. The minimum atomic E-state index is -1.12. The molecule has 0 bridgehead atoms. The van der Waals surface area contributed by atoms with Gasteiger partial charge in [0.15, 0.2) is 0 Å². The molecule has 0 radical (unpaired) electrons. The molecule has 1 heterocycles. The number of nitrogens with zero attached hydrogens (tertiary/aromatic N) is 1. The van der Waals surface area contributed by atoms with Gasteiger partial charge in [0.1, 0.15) is 11.5 Å². The summed E-state index contributed by atoms with van der Waals surface area (Å²) in [5.74, 6) is -2.28. The number of halogens is 2. The number of rotatable bonds is 3. The fourth-order valence-corrected chi connectivity index (χ4v) is 1.86. The predicted molar refractivity (Wildman–Crippen MR) is 75.3 cm³/mol. The van der Waals surface area contributed by atoms with Crippen LogP contribution in [0.15, 0.2) is 30.3 Å². The van der Waals surface area contributed by atoms with Crippen LogP contribution in [0.3, 0.4) is 0 Å². The second-order valence-electron chi connectivity index (χ2n) is 4.21. The SMILES string of the molecule is Cc1nc(C(=O)Nc2cc(F)ccc2Cl)ccc1C(=O)O. The molecule has 0 spiro atoms.